The molecule has 0 atom stereocenters. The second-order valence-corrected chi connectivity index (χ2v) is 14.9. The molecule has 4 aliphatic heterocycles. The highest BCUT2D eigenvalue weighted by Crippen LogP contribution is 2.43. The Labute approximate surface area is 300 Å². The zero-order chi connectivity index (χ0) is 34.6. The van der Waals surface area contributed by atoms with Crippen LogP contribution in [0, 0.1) is 10.8 Å². The Kier molecular flexibility index (Phi) is 8.42. The van der Waals surface area contributed by atoms with E-state index in [4.69, 9.17) is 37.7 Å². The van der Waals surface area contributed by atoms with Crippen LogP contribution in [0.25, 0.3) is 33.8 Å². The lowest BCUT2D eigenvalue weighted by Gasteiger charge is -2.47. The predicted octanol–water partition coefficient (Wildman–Crippen LogP) is 4.84. The lowest BCUT2D eigenvalue weighted by atomic mass is 9.79. The number of rotatable bonds is 9. The number of benzene rings is 2. The molecule has 13 heteroatoms. The third-order valence-corrected chi connectivity index (χ3v) is 11.2. The van der Waals surface area contributed by atoms with Gasteiger partial charge in [0, 0.05) is 104 Å². The minimum atomic E-state index is 0.0541. The number of likely N-dealkylation sites (tertiary alicyclic amines) is 2. The van der Waals surface area contributed by atoms with E-state index in [1.54, 1.807) is 14.2 Å². The van der Waals surface area contributed by atoms with Crippen LogP contribution in [-0.2, 0) is 22.7 Å². The summed E-state index contributed by atoms with van der Waals surface area (Å²) in [6.45, 7) is 6.39. The number of nitrogens with zero attached hydrogens (tertiary/aromatic N) is 5. The maximum atomic E-state index is 11.7. The van der Waals surface area contributed by atoms with Crippen LogP contribution in [-0.4, -0.2) is 90.1 Å². The molecule has 6 heterocycles. The number of pyridine rings is 1. The Morgan fingerprint density at radius 3 is 2.00 bits per heavy atom. The molecule has 2 N–H and O–H groups in total. The van der Waals surface area contributed by atoms with Gasteiger partial charge in [-0.1, -0.05) is 59.6 Å². The fourth-order valence-corrected chi connectivity index (χ4v) is 8.69. The maximum Gasteiger partial charge on any atom is 0.220 e. The molecule has 4 saturated heterocycles. The molecular weight excluding hydrogens is 677 g/mol. The summed E-state index contributed by atoms with van der Waals surface area (Å²) in [5, 5.41) is 6.75. The van der Waals surface area contributed by atoms with Crippen molar-refractivity contribution in [1.29, 1.82) is 0 Å². The Bertz CT molecular complexity index is 1870. The SMILES string of the molecule is COc1cc(-c2ncnc(-c3cccc(-c4ccc(CN5CC6(CNC(=O)C6)C5)c(OC)n4)c3Cl)c2Cl)ccc1CN1CC2(CNC(=O)C2)C1. The van der Waals surface area contributed by atoms with E-state index >= 15 is 0 Å². The fourth-order valence-electron chi connectivity index (χ4n) is 8.07. The van der Waals surface area contributed by atoms with Crippen molar-refractivity contribution in [2.45, 2.75) is 25.9 Å². The molecule has 0 aliphatic carbocycles. The summed E-state index contributed by atoms with van der Waals surface area (Å²) in [6, 6.07) is 15.7. The van der Waals surface area contributed by atoms with Crippen molar-refractivity contribution in [3.8, 4) is 45.4 Å². The van der Waals surface area contributed by atoms with Crippen LogP contribution in [0.3, 0.4) is 0 Å². The Morgan fingerprint density at radius 2 is 1.38 bits per heavy atom. The van der Waals surface area contributed by atoms with E-state index in [1.807, 2.05) is 48.5 Å². The first kappa shape index (κ1) is 32.9. The molecule has 2 spiro atoms. The van der Waals surface area contributed by atoms with Crippen LogP contribution in [0.2, 0.25) is 10.0 Å². The summed E-state index contributed by atoms with van der Waals surface area (Å²) in [6.07, 6.45) is 2.68. The van der Waals surface area contributed by atoms with E-state index < -0.39 is 0 Å². The van der Waals surface area contributed by atoms with Crippen LogP contribution < -0.4 is 20.1 Å². The topological polar surface area (TPSA) is 122 Å². The smallest absolute Gasteiger partial charge is 0.220 e. The lowest BCUT2D eigenvalue weighted by molar-refractivity contribution is -0.121. The first-order valence-corrected chi connectivity index (χ1v) is 17.4. The summed E-state index contributed by atoms with van der Waals surface area (Å²) >= 11 is 14.1. The number of carbonyl (C=O) groups is 2. The number of hydrogen-bond acceptors (Lipinski definition) is 9. The molecule has 2 amide bonds. The Balaban J connectivity index is 1.01. The van der Waals surface area contributed by atoms with Crippen molar-refractivity contribution in [2.24, 2.45) is 10.8 Å². The van der Waals surface area contributed by atoms with Crippen molar-refractivity contribution in [3.05, 3.63) is 76.0 Å². The van der Waals surface area contributed by atoms with Gasteiger partial charge in [-0.2, -0.15) is 0 Å². The summed E-state index contributed by atoms with van der Waals surface area (Å²) in [5.41, 5.74) is 6.05. The molecule has 2 aromatic heterocycles. The van der Waals surface area contributed by atoms with Gasteiger partial charge in [0.25, 0.3) is 0 Å². The van der Waals surface area contributed by atoms with E-state index in [-0.39, 0.29) is 22.6 Å². The molecule has 50 heavy (non-hydrogen) atoms. The van der Waals surface area contributed by atoms with Gasteiger partial charge < -0.3 is 20.1 Å². The Hall–Kier alpha value is -4.29. The van der Waals surface area contributed by atoms with E-state index in [2.05, 4.69) is 30.4 Å². The van der Waals surface area contributed by atoms with Gasteiger partial charge in [-0.05, 0) is 12.1 Å². The van der Waals surface area contributed by atoms with E-state index in [0.717, 1.165) is 73.8 Å². The van der Waals surface area contributed by atoms with Gasteiger partial charge in [-0.25, -0.2) is 15.0 Å². The van der Waals surface area contributed by atoms with Crippen molar-refractivity contribution in [2.75, 3.05) is 53.5 Å². The molecule has 0 radical (unpaired) electrons. The summed E-state index contributed by atoms with van der Waals surface area (Å²) in [7, 11) is 3.27. The van der Waals surface area contributed by atoms with Crippen molar-refractivity contribution in [1.82, 2.24) is 35.4 Å². The minimum absolute atomic E-state index is 0.0541. The monoisotopic (exact) mass is 713 g/mol. The van der Waals surface area contributed by atoms with E-state index in [1.165, 1.54) is 6.33 Å². The number of carbonyl (C=O) groups excluding carboxylic acids is 2. The third-order valence-electron chi connectivity index (χ3n) is 10.4. The summed E-state index contributed by atoms with van der Waals surface area (Å²) < 4.78 is 11.5. The van der Waals surface area contributed by atoms with Crippen LogP contribution >= 0.6 is 23.2 Å². The van der Waals surface area contributed by atoms with Crippen LogP contribution in [0.1, 0.15) is 24.0 Å². The van der Waals surface area contributed by atoms with Gasteiger partial charge in [-0.3, -0.25) is 19.4 Å². The van der Waals surface area contributed by atoms with Crippen LogP contribution in [0.4, 0.5) is 0 Å². The number of halogens is 2. The van der Waals surface area contributed by atoms with E-state index in [0.29, 0.717) is 58.0 Å². The highest BCUT2D eigenvalue weighted by Gasteiger charge is 2.49. The standard InChI is InChI=1S/C37H37Cl2N7O4/c1-49-28-10-22(6-7-23(28)13-45-17-36(18-45)11-29(47)40-15-36)33-32(39)34(43-21-42-33)26-5-3-4-25(31(26)38)27-9-8-24(35(44-27)50-2)14-46-19-37(20-46)12-30(48)41-16-37/h3-10,21H,11-20H2,1-2H3,(H,40,47)(H,41,48). The molecule has 0 unspecified atom stereocenters. The van der Waals surface area contributed by atoms with Gasteiger partial charge in [0.2, 0.25) is 17.7 Å². The number of amides is 2. The highest BCUT2D eigenvalue weighted by atomic mass is 35.5. The number of nitrogens with one attached hydrogen (secondary N) is 2. The summed E-state index contributed by atoms with van der Waals surface area (Å²) in [5.74, 6) is 1.55. The van der Waals surface area contributed by atoms with Gasteiger partial charge in [0.15, 0.2) is 0 Å². The normalized spacial score (nSPS) is 19.3. The van der Waals surface area contributed by atoms with Crippen molar-refractivity contribution < 1.29 is 19.1 Å². The molecule has 0 bridgehead atoms. The zero-order valence-electron chi connectivity index (χ0n) is 27.9. The number of hydrogen-bond donors (Lipinski definition) is 2. The molecule has 2 aromatic carbocycles. The van der Waals surface area contributed by atoms with Gasteiger partial charge in [0.05, 0.1) is 41.3 Å². The zero-order valence-corrected chi connectivity index (χ0v) is 29.4. The highest BCUT2D eigenvalue weighted by molar-refractivity contribution is 6.38. The molecule has 4 fully saturated rings. The molecule has 0 saturated carbocycles. The first-order chi connectivity index (χ1) is 24.2. The minimum Gasteiger partial charge on any atom is -0.496 e. The molecule has 11 nitrogen and oxygen atoms in total. The van der Waals surface area contributed by atoms with E-state index in [9.17, 15) is 9.59 Å². The number of aromatic nitrogens is 3. The van der Waals surface area contributed by atoms with Crippen molar-refractivity contribution in [3.63, 3.8) is 0 Å². The average molecular weight is 715 g/mol. The third kappa shape index (κ3) is 5.96. The average Bonchev–Trinajstić information content (AvgIpc) is 3.68. The molecule has 258 valence electrons. The quantitative estimate of drug-likeness (QED) is 0.251. The molecular formula is C37H37Cl2N7O4. The van der Waals surface area contributed by atoms with Gasteiger partial charge in [-0.15, -0.1) is 0 Å². The second-order valence-electron chi connectivity index (χ2n) is 14.1. The number of ether oxygens (including phenoxy) is 2. The largest absolute Gasteiger partial charge is 0.496 e. The fraction of sp³-hybridized carbons (Fsp3) is 0.378. The molecule has 4 aliphatic rings. The van der Waals surface area contributed by atoms with Crippen LogP contribution in [0.5, 0.6) is 11.6 Å². The van der Waals surface area contributed by atoms with Gasteiger partial charge >= 0.3 is 0 Å². The first-order valence-electron chi connectivity index (χ1n) is 16.7. The Morgan fingerprint density at radius 1 is 0.760 bits per heavy atom. The van der Waals surface area contributed by atoms with Gasteiger partial charge in [0.1, 0.15) is 12.1 Å². The lowest BCUT2D eigenvalue weighted by Crippen LogP contribution is -2.56. The molecule has 4 aromatic rings. The number of methoxy groups -OCH3 is 2. The molecule has 8 rings (SSSR count). The van der Waals surface area contributed by atoms with Crippen molar-refractivity contribution >= 4 is 35.0 Å². The maximum absolute atomic E-state index is 11.7. The van der Waals surface area contributed by atoms with Crippen LogP contribution in [0.15, 0.2) is 54.9 Å². The predicted molar refractivity (Wildman–Crippen MR) is 190 cm³/mol. The summed E-state index contributed by atoms with van der Waals surface area (Å²) in [4.78, 5) is 42.1. The second kappa shape index (κ2) is 12.8.